The summed E-state index contributed by atoms with van der Waals surface area (Å²) in [6.45, 7) is 1.47. The lowest BCUT2D eigenvalue weighted by atomic mass is 10.1. The van der Waals surface area contributed by atoms with E-state index in [2.05, 4.69) is 38.4 Å². The Labute approximate surface area is 167 Å². The Morgan fingerprint density at radius 3 is 2.59 bits per heavy atom. The average molecular weight is 446 g/mol. The second kappa shape index (κ2) is 8.75. The van der Waals surface area contributed by atoms with Crippen LogP contribution < -0.4 is 10.5 Å². The largest absolute Gasteiger partial charge is 0.313 e. The standard InChI is InChI=1S/C20H20BrN3O2S/c21-16-8-6-15(7-9-16)3-2-12-23-13-11-19-17-4-1-5-20(27(22,25)26)18(17)10-14-24-19/h1-10,14,23H,11-13H2,(H2,22,25,26)/b3-2+. The number of benzene rings is 2. The maximum atomic E-state index is 11.8. The van der Waals surface area contributed by atoms with E-state index in [4.69, 9.17) is 5.14 Å². The Morgan fingerprint density at radius 2 is 1.85 bits per heavy atom. The number of rotatable bonds is 7. The molecule has 0 amide bonds. The van der Waals surface area contributed by atoms with Gasteiger partial charge in [-0.05, 0) is 29.8 Å². The molecule has 5 nitrogen and oxygen atoms in total. The minimum atomic E-state index is -3.76. The summed E-state index contributed by atoms with van der Waals surface area (Å²) in [5, 5.41) is 10.1. The number of sulfonamides is 1. The predicted molar refractivity (Wildman–Crippen MR) is 113 cm³/mol. The van der Waals surface area contributed by atoms with Crippen molar-refractivity contribution in [3.8, 4) is 0 Å². The number of fused-ring (bicyclic) bond motifs is 1. The molecule has 1 aromatic heterocycles. The Morgan fingerprint density at radius 1 is 1.07 bits per heavy atom. The van der Waals surface area contributed by atoms with Gasteiger partial charge in [0, 0.05) is 46.6 Å². The zero-order chi connectivity index (χ0) is 19.3. The number of halogens is 1. The van der Waals surface area contributed by atoms with Crippen molar-refractivity contribution in [2.45, 2.75) is 11.3 Å². The molecule has 140 valence electrons. The second-order valence-corrected chi connectivity index (χ2v) is 8.51. The zero-order valence-corrected chi connectivity index (χ0v) is 17.0. The van der Waals surface area contributed by atoms with Gasteiger partial charge in [0.05, 0.1) is 4.90 Å². The molecule has 3 rings (SSSR count). The van der Waals surface area contributed by atoms with Gasteiger partial charge in [-0.2, -0.15) is 0 Å². The third-order valence-electron chi connectivity index (χ3n) is 4.14. The highest BCUT2D eigenvalue weighted by atomic mass is 79.9. The van der Waals surface area contributed by atoms with Gasteiger partial charge in [0.2, 0.25) is 10.0 Å². The zero-order valence-electron chi connectivity index (χ0n) is 14.6. The van der Waals surface area contributed by atoms with Crippen molar-refractivity contribution in [3.05, 3.63) is 76.5 Å². The van der Waals surface area contributed by atoms with Crippen LogP contribution in [-0.4, -0.2) is 26.5 Å². The number of nitrogens with zero attached hydrogens (tertiary/aromatic N) is 1. The van der Waals surface area contributed by atoms with Gasteiger partial charge in [0.25, 0.3) is 0 Å². The number of hydrogen-bond acceptors (Lipinski definition) is 4. The summed E-state index contributed by atoms with van der Waals surface area (Å²) in [5.41, 5.74) is 1.99. The molecule has 0 radical (unpaired) electrons. The molecule has 0 saturated heterocycles. The molecule has 0 bridgehead atoms. The Balaban J connectivity index is 1.61. The molecule has 0 atom stereocenters. The second-order valence-electron chi connectivity index (χ2n) is 6.06. The van der Waals surface area contributed by atoms with Crippen molar-refractivity contribution < 1.29 is 8.42 Å². The van der Waals surface area contributed by atoms with Gasteiger partial charge >= 0.3 is 0 Å². The maximum absolute atomic E-state index is 11.8. The first-order valence-corrected chi connectivity index (χ1v) is 10.8. The third-order valence-corrected chi connectivity index (χ3v) is 5.63. The van der Waals surface area contributed by atoms with Gasteiger partial charge in [-0.3, -0.25) is 4.98 Å². The van der Waals surface area contributed by atoms with E-state index in [1.54, 1.807) is 18.3 Å². The molecule has 3 N–H and O–H groups in total. The van der Waals surface area contributed by atoms with Crippen LogP contribution in [0.2, 0.25) is 0 Å². The van der Waals surface area contributed by atoms with Gasteiger partial charge in [-0.1, -0.05) is 52.3 Å². The molecule has 27 heavy (non-hydrogen) atoms. The van der Waals surface area contributed by atoms with Crippen molar-refractivity contribution >= 4 is 42.8 Å². The van der Waals surface area contributed by atoms with Gasteiger partial charge in [0.15, 0.2) is 0 Å². The van der Waals surface area contributed by atoms with Crippen LogP contribution in [0, 0.1) is 0 Å². The first kappa shape index (κ1) is 19.7. The van der Waals surface area contributed by atoms with E-state index in [-0.39, 0.29) is 4.90 Å². The molecule has 3 aromatic rings. The quantitative estimate of drug-likeness (QED) is 0.545. The van der Waals surface area contributed by atoms with E-state index < -0.39 is 10.0 Å². The Kier molecular flexibility index (Phi) is 6.38. The highest BCUT2D eigenvalue weighted by Gasteiger charge is 2.13. The SMILES string of the molecule is NS(=O)(=O)c1cccc2c(CCNC/C=C/c3ccc(Br)cc3)nccc12. The summed E-state index contributed by atoms with van der Waals surface area (Å²) < 4.78 is 24.6. The third kappa shape index (κ3) is 5.23. The van der Waals surface area contributed by atoms with Gasteiger partial charge in [-0.25, -0.2) is 13.6 Å². The maximum Gasteiger partial charge on any atom is 0.238 e. The molecule has 0 aliphatic heterocycles. The van der Waals surface area contributed by atoms with Crippen molar-refractivity contribution in [3.63, 3.8) is 0 Å². The molecule has 7 heteroatoms. The summed E-state index contributed by atoms with van der Waals surface area (Å²) in [6, 6.07) is 14.9. The van der Waals surface area contributed by atoms with Gasteiger partial charge in [0.1, 0.15) is 0 Å². The minimum Gasteiger partial charge on any atom is -0.313 e. The summed E-state index contributed by atoms with van der Waals surface area (Å²) in [6.07, 6.45) is 6.45. The van der Waals surface area contributed by atoms with Crippen molar-refractivity contribution in [1.82, 2.24) is 10.3 Å². The monoisotopic (exact) mass is 445 g/mol. The Bertz CT molecular complexity index is 1060. The van der Waals surface area contributed by atoms with Crippen LogP contribution in [-0.2, 0) is 16.4 Å². The summed E-state index contributed by atoms with van der Waals surface area (Å²) in [5.74, 6) is 0. The molecule has 0 aliphatic rings. The summed E-state index contributed by atoms with van der Waals surface area (Å²) in [4.78, 5) is 4.54. The highest BCUT2D eigenvalue weighted by molar-refractivity contribution is 9.10. The molecule has 0 saturated carbocycles. The van der Waals surface area contributed by atoms with Gasteiger partial charge in [-0.15, -0.1) is 0 Å². The number of nitrogens with one attached hydrogen (secondary N) is 1. The number of pyridine rings is 1. The van der Waals surface area contributed by atoms with Crippen LogP contribution >= 0.6 is 15.9 Å². The smallest absolute Gasteiger partial charge is 0.238 e. The molecule has 0 spiro atoms. The fourth-order valence-corrected chi connectivity index (χ4v) is 3.86. The van der Waals surface area contributed by atoms with Crippen LogP contribution in [0.5, 0.6) is 0 Å². The highest BCUT2D eigenvalue weighted by Crippen LogP contribution is 2.23. The lowest BCUT2D eigenvalue weighted by molar-refractivity contribution is 0.598. The van der Waals surface area contributed by atoms with Crippen molar-refractivity contribution in [2.24, 2.45) is 5.14 Å². The van der Waals surface area contributed by atoms with E-state index in [1.807, 2.05) is 30.3 Å². The molecular weight excluding hydrogens is 426 g/mol. The van der Waals surface area contributed by atoms with Crippen LogP contribution in [0.1, 0.15) is 11.3 Å². The molecule has 1 heterocycles. The minimum absolute atomic E-state index is 0.133. The van der Waals surface area contributed by atoms with Gasteiger partial charge < -0.3 is 5.32 Å². The van der Waals surface area contributed by atoms with Crippen molar-refractivity contribution in [1.29, 1.82) is 0 Å². The first-order valence-electron chi connectivity index (χ1n) is 8.47. The average Bonchev–Trinajstić information content (AvgIpc) is 2.65. The normalized spacial score (nSPS) is 12.1. The molecule has 0 aliphatic carbocycles. The lowest BCUT2D eigenvalue weighted by Crippen LogP contribution is -2.18. The molecule has 0 unspecified atom stereocenters. The molecular formula is C20H20BrN3O2S. The van der Waals surface area contributed by atoms with Crippen LogP contribution in [0.25, 0.3) is 16.8 Å². The summed E-state index contributed by atoms with van der Waals surface area (Å²) in [7, 11) is -3.76. The number of nitrogens with two attached hydrogens (primary N) is 1. The Hall–Kier alpha value is -2.06. The van der Waals surface area contributed by atoms with E-state index in [1.165, 1.54) is 6.07 Å². The molecule has 2 aromatic carbocycles. The predicted octanol–water partition coefficient (Wildman–Crippen LogP) is 3.49. The molecule has 0 fully saturated rings. The number of primary sulfonamides is 1. The van der Waals surface area contributed by atoms with Crippen LogP contribution in [0.15, 0.2) is 70.2 Å². The van der Waals surface area contributed by atoms with Crippen LogP contribution in [0.3, 0.4) is 0 Å². The lowest BCUT2D eigenvalue weighted by Gasteiger charge is -2.09. The topological polar surface area (TPSA) is 85.1 Å². The number of hydrogen-bond donors (Lipinski definition) is 2. The van der Waals surface area contributed by atoms with E-state index in [9.17, 15) is 8.42 Å². The summed E-state index contributed by atoms with van der Waals surface area (Å²) >= 11 is 3.42. The van der Waals surface area contributed by atoms with E-state index in [0.717, 1.165) is 34.2 Å². The van der Waals surface area contributed by atoms with E-state index in [0.29, 0.717) is 11.8 Å². The first-order chi connectivity index (χ1) is 12.9. The fourth-order valence-electron chi connectivity index (χ4n) is 2.85. The van der Waals surface area contributed by atoms with E-state index >= 15 is 0 Å². The van der Waals surface area contributed by atoms with Crippen LogP contribution in [0.4, 0.5) is 0 Å². The fraction of sp³-hybridized carbons (Fsp3) is 0.150. The number of aromatic nitrogens is 1. The van der Waals surface area contributed by atoms with Crippen molar-refractivity contribution in [2.75, 3.05) is 13.1 Å².